The molecule has 8 heteroatoms. The molecule has 0 bridgehead atoms. The molecule has 0 aliphatic heterocycles. The van der Waals surface area contributed by atoms with Gasteiger partial charge in [-0.3, -0.25) is 9.78 Å². The van der Waals surface area contributed by atoms with Crippen molar-refractivity contribution in [3.8, 4) is 22.3 Å². The van der Waals surface area contributed by atoms with Crippen LogP contribution in [0.15, 0.2) is 102 Å². The third-order valence-electron chi connectivity index (χ3n) is 5.84. The van der Waals surface area contributed by atoms with E-state index in [1.54, 1.807) is 47.3 Å². The molecule has 0 saturated carbocycles. The van der Waals surface area contributed by atoms with E-state index in [9.17, 15) is 13.2 Å². The third kappa shape index (κ3) is 4.89. The molecule has 7 nitrogen and oxygen atoms in total. The van der Waals surface area contributed by atoms with Crippen molar-refractivity contribution < 1.29 is 13.2 Å². The maximum Gasteiger partial charge on any atom is 0.275 e. The largest absolute Gasteiger partial charge is 0.321 e. The van der Waals surface area contributed by atoms with Gasteiger partial charge in [-0.2, -0.15) is 0 Å². The molecule has 0 aliphatic carbocycles. The normalized spacial score (nSPS) is 11.5. The number of rotatable bonds is 7. The first-order valence-corrected chi connectivity index (χ1v) is 13.2. The molecule has 1 N–H and O–H groups in total. The predicted octanol–water partition coefficient (Wildman–Crippen LogP) is 5.50. The van der Waals surface area contributed by atoms with Crippen molar-refractivity contribution in [1.29, 1.82) is 0 Å². The summed E-state index contributed by atoms with van der Waals surface area (Å²) >= 11 is 0. The van der Waals surface area contributed by atoms with Gasteiger partial charge in [-0.05, 0) is 71.1 Å². The molecule has 2 aromatic carbocycles. The summed E-state index contributed by atoms with van der Waals surface area (Å²) in [5.41, 5.74) is 5.38. The zero-order valence-corrected chi connectivity index (χ0v) is 20.4. The predicted molar refractivity (Wildman–Crippen MR) is 141 cm³/mol. The van der Waals surface area contributed by atoms with E-state index in [4.69, 9.17) is 0 Å². The van der Waals surface area contributed by atoms with Crippen LogP contribution in [0.3, 0.4) is 0 Å². The number of anilines is 1. The van der Waals surface area contributed by atoms with Crippen molar-refractivity contribution in [3.05, 3.63) is 103 Å². The molecule has 0 atom stereocenters. The van der Waals surface area contributed by atoms with Crippen molar-refractivity contribution in [2.24, 2.45) is 0 Å². The number of carbonyl (C=O) groups is 1. The number of imidazole rings is 1. The fourth-order valence-corrected chi connectivity index (χ4v) is 5.31. The van der Waals surface area contributed by atoms with E-state index in [1.165, 1.54) is 0 Å². The molecule has 0 fully saturated rings. The number of nitrogens with one attached hydrogen (secondary N) is 1. The van der Waals surface area contributed by atoms with Crippen LogP contribution in [-0.2, 0) is 9.84 Å². The molecule has 0 unspecified atom stereocenters. The molecule has 180 valence electrons. The minimum Gasteiger partial charge on any atom is -0.321 e. The van der Waals surface area contributed by atoms with Gasteiger partial charge >= 0.3 is 0 Å². The summed E-state index contributed by atoms with van der Waals surface area (Å²) < 4.78 is 26.4. The lowest BCUT2D eigenvalue weighted by Crippen LogP contribution is -2.12. The Morgan fingerprint density at radius 2 is 1.56 bits per heavy atom. The van der Waals surface area contributed by atoms with Gasteiger partial charge in [-0.1, -0.05) is 37.3 Å². The van der Waals surface area contributed by atoms with Crippen molar-refractivity contribution in [1.82, 2.24) is 14.4 Å². The number of hydrogen-bond acceptors (Lipinski definition) is 5. The highest BCUT2D eigenvalue weighted by atomic mass is 32.2. The molecular formula is C28H24N4O3S. The Bertz CT molecular complexity index is 1630. The molecule has 3 heterocycles. The van der Waals surface area contributed by atoms with Crippen LogP contribution in [0, 0.1) is 0 Å². The van der Waals surface area contributed by atoms with Gasteiger partial charge < -0.3 is 9.72 Å². The summed E-state index contributed by atoms with van der Waals surface area (Å²) in [6.07, 6.45) is 7.65. The Morgan fingerprint density at radius 1 is 0.861 bits per heavy atom. The molecule has 0 spiro atoms. The van der Waals surface area contributed by atoms with E-state index in [1.807, 2.05) is 61.7 Å². The number of hydrogen-bond donors (Lipinski definition) is 1. The molecular weight excluding hydrogens is 472 g/mol. The third-order valence-corrected chi connectivity index (χ3v) is 7.78. The van der Waals surface area contributed by atoms with E-state index < -0.39 is 9.84 Å². The fourth-order valence-electron chi connectivity index (χ4n) is 3.99. The fraction of sp³-hybridized carbons (Fsp3) is 0.107. The first-order valence-electron chi connectivity index (χ1n) is 11.6. The van der Waals surface area contributed by atoms with Gasteiger partial charge in [0, 0.05) is 30.5 Å². The van der Waals surface area contributed by atoms with E-state index >= 15 is 0 Å². The SMILES string of the molecule is CCCS(=O)(=O)c1ccc(-c2ccc3nc(C(=O)Nc4ccc(-c5cccnc5)cc4)cn3c2)cc1. The molecule has 0 saturated heterocycles. The van der Waals surface area contributed by atoms with Crippen LogP contribution in [-0.4, -0.2) is 34.4 Å². The topological polar surface area (TPSA) is 93.4 Å². The van der Waals surface area contributed by atoms with Crippen molar-refractivity contribution >= 4 is 27.1 Å². The molecule has 3 aromatic heterocycles. The van der Waals surface area contributed by atoms with Crippen molar-refractivity contribution in [2.45, 2.75) is 18.2 Å². The Labute approximate surface area is 209 Å². The van der Waals surface area contributed by atoms with E-state index in [0.29, 0.717) is 28.3 Å². The second-order valence-corrected chi connectivity index (χ2v) is 10.5. The van der Waals surface area contributed by atoms with Crippen LogP contribution in [0.4, 0.5) is 5.69 Å². The van der Waals surface area contributed by atoms with Crippen LogP contribution in [0.25, 0.3) is 27.9 Å². The number of nitrogens with zero attached hydrogens (tertiary/aromatic N) is 3. The van der Waals surface area contributed by atoms with Crippen LogP contribution in [0.5, 0.6) is 0 Å². The average Bonchev–Trinajstić information content (AvgIpc) is 3.34. The van der Waals surface area contributed by atoms with Crippen LogP contribution in [0.2, 0.25) is 0 Å². The minimum atomic E-state index is -3.26. The van der Waals surface area contributed by atoms with Gasteiger partial charge in [-0.15, -0.1) is 0 Å². The summed E-state index contributed by atoms with van der Waals surface area (Å²) in [6, 6.07) is 22.0. The number of fused-ring (bicyclic) bond motifs is 1. The lowest BCUT2D eigenvalue weighted by Gasteiger charge is -2.06. The Balaban J connectivity index is 1.33. The van der Waals surface area contributed by atoms with Gasteiger partial charge in [-0.25, -0.2) is 13.4 Å². The van der Waals surface area contributed by atoms with Crippen molar-refractivity contribution in [2.75, 3.05) is 11.1 Å². The number of amides is 1. The Hall–Kier alpha value is -4.30. The Morgan fingerprint density at radius 3 is 2.25 bits per heavy atom. The van der Waals surface area contributed by atoms with Crippen molar-refractivity contribution in [3.63, 3.8) is 0 Å². The minimum absolute atomic E-state index is 0.132. The molecule has 36 heavy (non-hydrogen) atoms. The van der Waals surface area contributed by atoms with Gasteiger partial charge in [0.05, 0.1) is 10.6 Å². The maximum atomic E-state index is 12.8. The second-order valence-electron chi connectivity index (χ2n) is 8.43. The first kappa shape index (κ1) is 23.4. The first-order chi connectivity index (χ1) is 17.4. The van der Waals surface area contributed by atoms with Crippen LogP contribution >= 0.6 is 0 Å². The zero-order valence-electron chi connectivity index (χ0n) is 19.6. The number of sulfone groups is 1. The number of aromatic nitrogens is 3. The highest BCUT2D eigenvalue weighted by molar-refractivity contribution is 7.91. The van der Waals surface area contributed by atoms with E-state index in [-0.39, 0.29) is 11.7 Å². The van der Waals surface area contributed by atoms with Gasteiger partial charge in [0.25, 0.3) is 5.91 Å². The van der Waals surface area contributed by atoms with Gasteiger partial charge in [0.2, 0.25) is 0 Å². The maximum absolute atomic E-state index is 12.8. The highest BCUT2D eigenvalue weighted by Gasteiger charge is 2.14. The quantitative estimate of drug-likeness (QED) is 0.321. The molecule has 5 aromatic rings. The molecule has 0 aliphatic rings. The molecule has 5 rings (SSSR count). The lowest BCUT2D eigenvalue weighted by atomic mass is 10.1. The molecule has 0 radical (unpaired) electrons. The second kappa shape index (κ2) is 9.75. The van der Waals surface area contributed by atoms with E-state index in [0.717, 1.165) is 22.3 Å². The average molecular weight is 497 g/mol. The highest BCUT2D eigenvalue weighted by Crippen LogP contribution is 2.24. The lowest BCUT2D eigenvalue weighted by molar-refractivity contribution is 0.102. The van der Waals surface area contributed by atoms with Gasteiger partial charge in [0.1, 0.15) is 11.3 Å². The Kier molecular flexibility index (Phi) is 6.35. The summed E-state index contributed by atoms with van der Waals surface area (Å²) in [7, 11) is -3.26. The van der Waals surface area contributed by atoms with Gasteiger partial charge in [0.15, 0.2) is 9.84 Å². The molecule has 1 amide bonds. The monoisotopic (exact) mass is 496 g/mol. The van der Waals surface area contributed by atoms with Crippen LogP contribution in [0.1, 0.15) is 23.8 Å². The zero-order chi connectivity index (χ0) is 25.1. The number of pyridine rings is 2. The smallest absolute Gasteiger partial charge is 0.275 e. The summed E-state index contributed by atoms with van der Waals surface area (Å²) in [5, 5.41) is 2.89. The number of benzene rings is 2. The summed E-state index contributed by atoms with van der Waals surface area (Å²) in [5.74, 6) is -0.174. The standard InChI is InChI=1S/C28H24N4O3S/c1-2-16-36(34,35)25-12-7-21(8-13-25)23-9-14-27-31-26(19-32(27)18-23)28(33)30-24-10-5-20(6-11-24)22-4-3-15-29-17-22/h3-15,17-19H,2,16H2,1H3,(H,30,33). The number of carbonyl (C=O) groups excluding carboxylic acids is 1. The summed E-state index contributed by atoms with van der Waals surface area (Å²) in [6.45, 7) is 1.85. The van der Waals surface area contributed by atoms with E-state index in [2.05, 4.69) is 15.3 Å². The summed E-state index contributed by atoms with van der Waals surface area (Å²) in [4.78, 5) is 21.7. The van der Waals surface area contributed by atoms with Crippen LogP contribution < -0.4 is 5.32 Å².